The quantitative estimate of drug-likeness (QED) is 0.909. The fourth-order valence-corrected chi connectivity index (χ4v) is 5.73. The molecule has 3 nitrogen and oxygen atoms in total. The van der Waals surface area contributed by atoms with Crippen molar-refractivity contribution in [1.82, 2.24) is 4.90 Å². The van der Waals surface area contributed by atoms with Crippen LogP contribution in [-0.4, -0.2) is 41.4 Å². The molecule has 5 heteroatoms. The summed E-state index contributed by atoms with van der Waals surface area (Å²) in [5.41, 5.74) is 8.08. The molecule has 2 aliphatic heterocycles. The van der Waals surface area contributed by atoms with E-state index >= 15 is 0 Å². The van der Waals surface area contributed by atoms with Gasteiger partial charge >= 0.3 is 0 Å². The molecule has 0 aliphatic carbocycles. The van der Waals surface area contributed by atoms with Crippen molar-refractivity contribution in [1.29, 1.82) is 0 Å². The minimum atomic E-state index is 0.126. The zero-order valence-corrected chi connectivity index (χ0v) is 13.8. The van der Waals surface area contributed by atoms with Crippen LogP contribution in [0.5, 0.6) is 0 Å². The first-order valence-electron chi connectivity index (χ1n) is 7.62. The molecule has 0 radical (unpaired) electrons. The minimum absolute atomic E-state index is 0.126. The molecule has 2 aliphatic rings. The van der Waals surface area contributed by atoms with Crippen molar-refractivity contribution in [3.05, 3.63) is 35.4 Å². The average Bonchev–Trinajstić information content (AvgIpc) is 2.55. The third kappa shape index (κ3) is 3.76. The van der Waals surface area contributed by atoms with Gasteiger partial charge < -0.3 is 10.6 Å². The largest absolute Gasteiger partial charge is 0.337 e. The van der Waals surface area contributed by atoms with Gasteiger partial charge in [-0.25, -0.2) is 0 Å². The average molecular weight is 322 g/mol. The van der Waals surface area contributed by atoms with E-state index in [4.69, 9.17) is 5.73 Å². The molecular weight excluding hydrogens is 300 g/mol. The van der Waals surface area contributed by atoms with Crippen LogP contribution in [0.2, 0.25) is 0 Å². The summed E-state index contributed by atoms with van der Waals surface area (Å²) in [6.45, 7) is 1.53. The van der Waals surface area contributed by atoms with Gasteiger partial charge in [0.25, 0.3) is 5.91 Å². The van der Waals surface area contributed by atoms with E-state index in [2.05, 4.69) is 12.1 Å². The second kappa shape index (κ2) is 7.07. The van der Waals surface area contributed by atoms with Gasteiger partial charge in [0.2, 0.25) is 0 Å². The van der Waals surface area contributed by atoms with Crippen molar-refractivity contribution in [2.24, 2.45) is 5.73 Å². The topological polar surface area (TPSA) is 46.3 Å². The Morgan fingerprint density at radius 3 is 2.52 bits per heavy atom. The predicted molar refractivity (Wildman–Crippen MR) is 91.8 cm³/mol. The summed E-state index contributed by atoms with van der Waals surface area (Å²) in [4.78, 5) is 14.4. The number of piperidine rings is 1. The monoisotopic (exact) mass is 322 g/mol. The minimum Gasteiger partial charge on any atom is -0.337 e. The molecule has 1 aromatic rings. The Labute approximate surface area is 135 Å². The van der Waals surface area contributed by atoms with Crippen LogP contribution in [0.4, 0.5) is 0 Å². The maximum absolute atomic E-state index is 12.5. The second-order valence-electron chi connectivity index (χ2n) is 5.70. The summed E-state index contributed by atoms with van der Waals surface area (Å²) < 4.78 is 0.534. The molecular formula is C16H22N2OS2. The fourth-order valence-electron chi connectivity index (χ4n) is 2.84. The van der Waals surface area contributed by atoms with Crippen LogP contribution >= 0.6 is 23.5 Å². The van der Waals surface area contributed by atoms with Gasteiger partial charge in [-0.2, -0.15) is 0 Å². The third-order valence-corrected chi connectivity index (χ3v) is 7.02. The number of carbonyl (C=O) groups excluding carboxylic acids is 1. The van der Waals surface area contributed by atoms with Gasteiger partial charge in [0, 0.05) is 24.7 Å². The van der Waals surface area contributed by atoms with Gasteiger partial charge in [-0.15, -0.1) is 23.5 Å². The fraction of sp³-hybridized carbons (Fsp3) is 0.562. The van der Waals surface area contributed by atoms with E-state index in [-0.39, 0.29) is 11.9 Å². The summed E-state index contributed by atoms with van der Waals surface area (Å²) in [5, 5.41) is 0. The molecule has 2 fully saturated rings. The molecule has 21 heavy (non-hydrogen) atoms. The number of thioether (sulfide) groups is 2. The summed E-state index contributed by atoms with van der Waals surface area (Å²) >= 11 is 4.02. The molecule has 1 aromatic carbocycles. The van der Waals surface area contributed by atoms with Crippen molar-refractivity contribution >= 4 is 29.4 Å². The highest BCUT2D eigenvalue weighted by molar-refractivity contribution is 8.16. The molecule has 1 unspecified atom stereocenters. The maximum Gasteiger partial charge on any atom is 0.253 e. The zero-order chi connectivity index (χ0) is 14.7. The van der Waals surface area contributed by atoms with Gasteiger partial charge in [-0.05, 0) is 48.5 Å². The van der Waals surface area contributed by atoms with Crippen LogP contribution in [-0.2, 0) is 0 Å². The zero-order valence-electron chi connectivity index (χ0n) is 12.2. The van der Waals surface area contributed by atoms with Crippen molar-refractivity contribution in [2.45, 2.75) is 29.9 Å². The highest BCUT2D eigenvalue weighted by Crippen LogP contribution is 2.43. The number of nitrogens with two attached hydrogens (primary N) is 1. The number of benzene rings is 1. The van der Waals surface area contributed by atoms with Crippen molar-refractivity contribution < 1.29 is 4.79 Å². The first-order valence-corrected chi connectivity index (χ1v) is 9.72. The first kappa shape index (κ1) is 15.3. The molecule has 2 N–H and O–H groups in total. The summed E-state index contributed by atoms with van der Waals surface area (Å²) in [6.07, 6.45) is 3.34. The van der Waals surface area contributed by atoms with Crippen LogP contribution in [0, 0.1) is 0 Å². The number of amides is 1. The SMILES string of the molecule is NC1CCCN(C(=O)c2ccc(C3SCCCS3)cc2)C1. The first-order chi connectivity index (χ1) is 10.2. The molecule has 1 amide bonds. The van der Waals surface area contributed by atoms with Crippen LogP contribution in [0.1, 0.15) is 39.8 Å². The number of hydrogen-bond donors (Lipinski definition) is 1. The normalized spacial score (nSPS) is 24.0. The second-order valence-corrected chi connectivity index (χ2v) is 8.43. The van der Waals surface area contributed by atoms with Gasteiger partial charge in [-0.1, -0.05) is 12.1 Å². The lowest BCUT2D eigenvalue weighted by Gasteiger charge is -2.31. The van der Waals surface area contributed by atoms with E-state index in [0.717, 1.165) is 24.9 Å². The smallest absolute Gasteiger partial charge is 0.253 e. The Kier molecular flexibility index (Phi) is 5.14. The molecule has 114 valence electrons. The van der Waals surface area contributed by atoms with Crippen molar-refractivity contribution in [3.8, 4) is 0 Å². The Hall–Kier alpha value is -0.650. The Balaban J connectivity index is 1.67. The van der Waals surface area contributed by atoms with E-state index < -0.39 is 0 Å². The Morgan fingerprint density at radius 1 is 1.14 bits per heavy atom. The van der Waals surface area contributed by atoms with Crippen LogP contribution in [0.3, 0.4) is 0 Å². The van der Waals surface area contributed by atoms with Crippen LogP contribution in [0.25, 0.3) is 0 Å². The molecule has 2 heterocycles. The molecule has 2 saturated heterocycles. The summed E-state index contributed by atoms with van der Waals surface area (Å²) in [5.74, 6) is 2.61. The van der Waals surface area contributed by atoms with Gasteiger partial charge in [0.15, 0.2) is 0 Å². The lowest BCUT2D eigenvalue weighted by molar-refractivity contribution is 0.0709. The molecule has 1 atom stereocenters. The van der Waals surface area contributed by atoms with E-state index in [1.54, 1.807) is 0 Å². The number of hydrogen-bond acceptors (Lipinski definition) is 4. The third-order valence-electron chi connectivity index (χ3n) is 4.00. The highest BCUT2D eigenvalue weighted by atomic mass is 32.2. The van der Waals surface area contributed by atoms with Crippen LogP contribution in [0.15, 0.2) is 24.3 Å². The predicted octanol–water partition coefficient (Wildman–Crippen LogP) is 3.12. The van der Waals surface area contributed by atoms with Crippen molar-refractivity contribution in [3.63, 3.8) is 0 Å². The van der Waals surface area contributed by atoms with E-state index in [1.807, 2.05) is 40.6 Å². The number of nitrogens with zero attached hydrogens (tertiary/aromatic N) is 1. The molecule has 0 saturated carbocycles. The van der Waals surface area contributed by atoms with Gasteiger partial charge in [-0.3, -0.25) is 4.79 Å². The molecule has 3 rings (SSSR count). The van der Waals surface area contributed by atoms with E-state index in [9.17, 15) is 4.79 Å². The lowest BCUT2D eigenvalue weighted by atomic mass is 10.0. The standard InChI is InChI=1S/C16H22N2OS2/c17-14-3-1-8-18(11-14)15(19)12-4-6-13(7-5-12)16-20-9-2-10-21-16/h4-7,14,16H,1-3,8-11,17H2. The van der Waals surface area contributed by atoms with Crippen molar-refractivity contribution in [2.75, 3.05) is 24.6 Å². The lowest BCUT2D eigenvalue weighted by Crippen LogP contribution is -2.45. The molecule has 0 spiro atoms. The summed E-state index contributed by atoms with van der Waals surface area (Å²) in [6, 6.07) is 8.33. The Morgan fingerprint density at radius 2 is 1.86 bits per heavy atom. The van der Waals surface area contributed by atoms with E-state index in [0.29, 0.717) is 11.1 Å². The van der Waals surface area contributed by atoms with E-state index in [1.165, 1.54) is 23.5 Å². The number of likely N-dealkylation sites (tertiary alicyclic amines) is 1. The van der Waals surface area contributed by atoms with Gasteiger partial charge in [0.1, 0.15) is 0 Å². The summed E-state index contributed by atoms with van der Waals surface area (Å²) in [7, 11) is 0. The van der Waals surface area contributed by atoms with Gasteiger partial charge in [0.05, 0.1) is 4.58 Å². The maximum atomic E-state index is 12.5. The Bertz CT molecular complexity index is 486. The molecule has 0 bridgehead atoms. The number of carbonyl (C=O) groups is 1. The van der Waals surface area contributed by atoms with Crippen LogP contribution < -0.4 is 5.73 Å². The highest BCUT2D eigenvalue weighted by Gasteiger charge is 2.23. The molecule has 0 aromatic heterocycles. The number of rotatable bonds is 2.